The molecule has 2 aromatic rings. The van der Waals surface area contributed by atoms with Crippen molar-refractivity contribution in [3.8, 4) is 5.75 Å². The van der Waals surface area contributed by atoms with E-state index in [0.717, 1.165) is 25.7 Å². The zero-order valence-electron chi connectivity index (χ0n) is 18.6. The number of aromatic nitrogens is 2. The molecule has 2 aliphatic carbocycles. The van der Waals surface area contributed by atoms with Crippen molar-refractivity contribution in [3.63, 3.8) is 0 Å². The Morgan fingerprint density at radius 1 is 1.24 bits per heavy atom. The van der Waals surface area contributed by atoms with Gasteiger partial charge < -0.3 is 20.8 Å². The maximum atomic E-state index is 12.5. The molecule has 2 heterocycles. The Balaban J connectivity index is 1.62. The lowest BCUT2D eigenvalue weighted by molar-refractivity contribution is -0.117. The van der Waals surface area contributed by atoms with Crippen LogP contribution >= 0.6 is 0 Å². The Bertz CT molecular complexity index is 1110. The first kappa shape index (κ1) is 22.4. The maximum Gasteiger partial charge on any atom is 0.228 e. The SMILES string of the molecule is CCC(=O)c1cnc(NC(=O)C2CC2)cc1Nc1nccc(C(=N)/C=N\NC2CC2)c1OC. The number of carbonyl (C=O) groups excluding carboxylic acids is 2. The number of nitrogens with zero attached hydrogens (tertiary/aromatic N) is 3. The summed E-state index contributed by atoms with van der Waals surface area (Å²) < 4.78 is 5.55. The normalized spacial score (nSPS) is 15.2. The Kier molecular flexibility index (Phi) is 6.62. The molecule has 2 fully saturated rings. The van der Waals surface area contributed by atoms with Gasteiger partial charge >= 0.3 is 0 Å². The van der Waals surface area contributed by atoms with Crippen LogP contribution in [0.5, 0.6) is 5.75 Å². The predicted octanol–water partition coefficient (Wildman–Crippen LogP) is 3.28. The number of Topliss-reactive ketones (excluding diaryl/α,β-unsaturated/α-hetero) is 1. The van der Waals surface area contributed by atoms with Gasteiger partial charge in [0.25, 0.3) is 0 Å². The van der Waals surface area contributed by atoms with Crippen LogP contribution in [0.15, 0.2) is 29.6 Å². The minimum absolute atomic E-state index is 0.0284. The average molecular weight is 450 g/mol. The number of ketones is 1. The molecule has 2 aliphatic rings. The van der Waals surface area contributed by atoms with E-state index in [0.29, 0.717) is 46.7 Å². The topological polar surface area (TPSA) is 141 Å². The highest BCUT2D eigenvalue weighted by Gasteiger charge is 2.30. The molecular weight excluding hydrogens is 422 g/mol. The lowest BCUT2D eigenvalue weighted by Crippen LogP contribution is -2.15. The van der Waals surface area contributed by atoms with Crippen LogP contribution in [-0.2, 0) is 4.79 Å². The highest BCUT2D eigenvalue weighted by Crippen LogP contribution is 2.33. The molecule has 2 saturated carbocycles. The van der Waals surface area contributed by atoms with Crippen LogP contribution in [0.25, 0.3) is 0 Å². The van der Waals surface area contributed by atoms with E-state index in [1.807, 2.05) is 0 Å². The second-order valence-corrected chi connectivity index (χ2v) is 8.10. The highest BCUT2D eigenvalue weighted by molar-refractivity contribution is 6.37. The van der Waals surface area contributed by atoms with Crippen molar-refractivity contribution in [3.05, 3.63) is 35.7 Å². The van der Waals surface area contributed by atoms with E-state index in [1.54, 1.807) is 25.3 Å². The van der Waals surface area contributed by atoms with Gasteiger partial charge in [0.05, 0.1) is 30.3 Å². The van der Waals surface area contributed by atoms with E-state index in [9.17, 15) is 9.59 Å². The molecule has 10 heteroatoms. The van der Waals surface area contributed by atoms with Crippen molar-refractivity contribution in [2.24, 2.45) is 11.0 Å². The number of anilines is 3. The van der Waals surface area contributed by atoms with Crippen LogP contribution < -0.4 is 20.8 Å². The number of carbonyl (C=O) groups is 2. The van der Waals surface area contributed by atoms with Crippen LogP contribution in [0.2, 0.25) is 0 Å². The standard InChI is InChI=1S/C23H27N7O3/c1-3-19(31)16-11-26-20(29-23(32)13-4-5-13)10-18(16)28-22-21(33-2)15(8-9-25-22)17(24)12-27-30-14-6-7-14/h8-14,24,30H,3-7H2,1-2H3,(H2,25,26,28,29,32)/b24-17?,27-12-. The molecule has 0 unspecified atom stereocenters. The summed E-state index contributed by atoms with van der Waals surface area (Å²) in [5, 5.41) is 18.4. The van der Waals surface area contributed by atoms with E-state index < -0.39 is 0 Å². The molecule has 172 valence electrons. The third kappa shape index (κ3) is 5.51. The smallest absolute Gasteiger partial charge is 0.228 e. The van der Waals surface area contributed by atoms with Gasteiger partial charge in [-0.25, -0.2) is 9.97 Å². The molecule has 0 aromatic carbocycles. The van der Waals surface area contributed by atoms with Gasteiger partial charge in [-0.2, -0.15) is 5.10 Å². The summed E-state index contributed by atoms with van der Waals surface area (Å²) in [4.78, 5) is 33.3. The average Bonchev–Trinajstić information content (AvgIpc) is 3.72. The predicted molar refractivity (Wildman–Crippen MR) is 126 cm³/mol. The van der Waals surface area contributed by atoms with Crippen molar-refractivity contribution in [2.45, 2.75) is 45.1 Å². The van der Waals surface area contributed by atoms with Crippen LogP contribution in [0.1, 0.15) is 54.9 Å². The first-order valence-electron chi connectivity index (χ1n) is 11.0. The van der Waals surface area contributed by atoms with Crippen molar-refractivity contribution >= 4 is 40.9 Å². The van der Waals surface area contributed by atoms with Crippen molar-refractivity contribution in [1.82, 2.24) is 15.4 Å². The van der Waals surface area contributed by atoms with Crippen molar-refractivity contribution in [1.29, 1.82) is 5.41 Å². The minimum Gasteiger partial charge on any atom is -0.492 e. The molecule has 0 atom stereocenters. The maximum absolute atomic E-state index is 12.5. The fourth-order valence-electron chi connectivity index (χ4n) is 3.19. The van der Waals surface area contributed by atoms with Crippen molar-refractivity contribution in [2.75, 3.05) is 17.7 Å². The number of nitrogens with one attached hydrogen (secondary N) is 4. The highest BCUT2D eigenvalue weighted by atomic mass is 16.5. The van der Waals surface area contributed by atoms with Crippen LogP contribution in [0.4, 0.5) is 17.3 Å². The van der Waals surface area contributed by atoms with E-state index >= 15 is 0 Å². The molecule has 1 amide bonds. The summed E-state index contributed by atoms with van der Waals surface area (Å²) in [7, 11) is 1.49. The van der Waals surface area contributed by atoms with E-state index in [1.165, 1.54) is 19.5 Å². The summed E-state index contributed by atoms with van der Waals surface area (Å²) >= 11 is 0. The zero-order chi connectivity index (χ0) is 23.4. The van der Waals surface area contributed by atoms with Gasteiger partial charge in [0.2, 0.25) is 5.91 Å². The van der Waals surface area contributed by atoms with Gasteiger partial charge in [0, 0.05) is 42.4 Å². The Morgan fingerprint density at radius 2 is 2.03 bits per heavy atom. The lowest BCUT2D eigenvalue weighted by atomic mass is 10.1. The van der Waals surface area contributed by atoms with E-state index in [2.05, 4.69) is 31.1 Å². The fraction of sp³-hybridized carbons (Fsp3) is 0.391. The third-order valence-corrected chi connectivity index (χ3v) is 5.40. The first-order valence-corrected chi connectivity index (χ1v) is 11.0. The van der Waals surface area contributed by atoms with Crippen LogP contribution in [-0.4, -0.2) is 46.7 Å². The van der Waals surface area contributed by atoms with Gasteiger partial charge in [-0.05, 0) is 31.7 Å². The fourth-order valence-corrected chi connectivity index (χ4v) is 3.19. The van der Waals surface area contributed by atoms with Gasteiger partial charge in [-0.3, -0.25) is 15.0 Å². The summed E-state index contributed by atoms with van der Waals surface area (Å²) in [6, 6.07) is 3.67. The van der Waals surface area contributed by atoms with Crippen LogP contribution in [0, 0.1) is 11.3 Å². The third-order valence-electron chi connectivity index (χ3n) is 5.40. The van der Waals surface area contributed by atoms with E-state index in [-0.39, 0.29) is 23.3 Å². The largest absolute Gasteiger partial charge is 0.492 e. The lowest BCUT2D eigenvalue weighted by Gasteiger charge is -2.16. The number of methoxy groups -OCH3 is 1. The second kappa shape index (κ2) is 9.76. The number of hydrogen-bond acceptors (Lipinski definition) is 9. The molecule has 0 aliphatic heterocycles. The summed E-state index contributed by atoms with van der Waals surface area (Å²) in [5.74, 6) is 0.873. The summed E-state index contributed by atoms with van der Waals surface area (Å²) in [6.07, 6.45) is 8.66. The van der Waals surface area contributed by atoms with Gasteiger partial charge in [-0.1, -0.05) is 6.92 Å². The molecule has 0 bridgehead atoms. The van der Waals surface area contributed by atoms with Crippen LogP contribution in [0.3, 0.4) is 0 Å². The number of ether oxygens (including phenoxy) is 1. The first-order chi connectivity index (χ1) is 16.0. The quantitative estimate of drug-likeness (QED) is 0.234. The molecule has 0 spiro atoms. The van der Waals surface area contributed by atoms with Crippen molar-refractivity contribution < 1.29 is 14.3 Å². The minimum atomic E-state index is -0.105. The number of hydrazone groups is 1. The molecule has 10 nitrogen and oxygen atoms in total. The molecule has 33 heavy (non-hydrogen) atoms. The van der Waals surface area contributed by atoms with Gasteiger partial charge in [0.1, 0.15) is 5.82 Å². The monoisotopic (exact) mass is 449 g/mol. The number of pyridine rings is 2. The molecule has 4 N–H and O–H groups in total. The summed E-state index contributed by atoms with van der Waals surface area (Å²) in [6.45, 7) is 1.77. The number of rotatable bonds is 11. The van der Waals surface area contributed by atoms with Gasteiger partial charge in [0.15, 0.2) is 17.4 Å². The zero-order valence-corrected chi connectivity index (χ0v) is 18.6. The number of hydrogen-bond donors (Lipinski definition) is 4. The van der Waals surface area contributed by atoms with E-state index in [4.69, 9.17) is 10.1 Å². The Morgan fingerprint density at radius 3 is 2.70 bits per heavy atom. The molecule has 0 saturated heterocycles. The molecular formula is C23H27N7O3. The molecule has 4 rings (SSSR count). The molecule has 2 aromatic heterocycles. The molecule has 0 radical (unpaired) electrons. The van der Waals surface area contributed by atoms with Gasteiger partial charge in [-0.15, -0.1) is 0 Å². The Hall–Kier alpha value is -3.82. The number of amides is 1. The summed E-state index contributed by atoms with van der Waals surface area (Å²) in [5.41, 5.74) is 4.46. The second-order valence-electron chi connectivity index (χ2n) is 8.10. The Labute approximate surface area is 191 Å².